The highest BCUT2D eigenvalue weighted by Gasteiger charge is 2.19. The van der Waals surface area contributed by atoms with Gasteiger partial charge in [0.05, 0.1) is 0 Å². The summed E-state index contributed by atoms with van der Waals surface area (Å²) in [5.41, 5.74) is 0. The van der Waals surface area contributed by atoms with Gasteiger partial charge in [0.15, 0.2) is 6.10 Å². The third-order valence-corrected chi connectivity index (χ3v) is 13.4. The Bertz CT molecular complexity index is 1400. The molecule has 6 heteroatoms. The van der Waals surface area contributed by atoms with E-state index in [1.54, 1.807) is 0 Å². The largest absolute Gasteiger partial charge is 0.462 e. The molecule has 0 aromatic rings. The molecule has 0 aliphatic carbocycles. The SMILES string of the molecule is CC/C=C\C/C=C\C/C=C\C/C=C\C/C=C\CCCCCC(=O)O[C@@H](COC(=O)CCCCCCCCC/C=C\CCCCCC)COC(=O)CCCCCCCCCCCCC/C=C\CCCCCCCC. The Morgan fingerprint density at radius 2 is 0.534 bits per heavy atom. The number of hydrogen-bond donors (Lipinski definition) is 0. The van der Waals surface area contributed by atoms with E-state index in [9.17, 15) is 14.4 Å². The summed E-state index contributed by atoms with van der Waals surface area (Å²) in [6.45, 7) is 6.51. The summed E-state index contributed by atoms with van der Waals surface area (Å²) in [4.78, 5) is 38.3. The van der Waals surface area contributed by atoms with Gasteiger partial charge in [-0.05, 0) is 116 Å². The fraction of sp³-hybridized carbons (Fsp3) is 0.746. The molecule has 0 aromatic carbocycles. The van der Waals surface area contributed by atoms with Gasteiger partial charge in [-0.3, -0.25) is 14.4 Å². The Morgan fingerprint density at radius 1 is 0.288 bits per heavy atom. The zero-order chi connectivity index (χ0) is 52.9. The minimum atomic E-state index is -0.797. The van der Waals surface area contributed by atoms with E-state index in [0.717, 1.165) is 96.3 Å². The van der Waals surface area contributed by atoms with Crippen molar-refractivity contribution in [3.8, 4) is 0 Å². The van der Waals surface area contributed by atoms with Gasteiger partial charge in [0.2, 0.25) is 0 Å². The van der Waals surface area contributed by atoms with Crippen molar-refractivity contribution in [2.45, 2.75) is 309 Å². The van der Waals surface area contributed by atoms with E-state index in [0.29, 0.717) is 12.8 Å². The van der Waals surface area contributed by atoms with Crippen LogP contribution in [0, 0.1) is 0 Å². The molecule has 0 amide bonds. The van der Waals surface area contributed by atoms with Crippen molar-refractivity contribution < 1.29 is 28.6 Å². The second-order valence-corrected chi connectivity index (χ2v) is 20.6. The Morgan fingerprint density at radius 3 is 0.877 bits per heavy atom. The van der Waals surface area contributed by atoms with Crippen LogP contribution in [0.25, 0.3) is 0 Å². The average Bonchev–Trinajstić information content (AvgIpc) is 3.39. The summed E-state index contributed by atoms with van der Waals surface area (Å²) < 4.78 is 16.9. The fourth-order valence-electron chi connectivity index (χ4n) is 8.69. The van der Waals surface area contributed by atoms with Crippen LogP contribution >= 0.6 is 0 Å². The van der Waals surface area contributed by atoms with Gasteiger partial charge >= 0.3 is 17.9 Å². The Hall–Kier alpha value is -3.41. The van der Waals surface area contributed by atoms with E-state index in [2.05, 4.69) is 106 Å². The third-order valence-electron chi connectivity index (χ3n) is 13.4. The summed E-state index contributed by atoms with van der Waals surface area (Å²) >= 11 is 0. The second kappa shape index (κ2) is 61.1. The standard InChI is InChI=1S/C67H116O6/c1-4-7-10-13-16-19-22-25-28-30-32-33-35-36-39-42-45-48-51-54-57-60-66(69)72-63-64(62-71-65(68)59-56-53-50-47-44-41-38-27-24-21-18-15-12-9-6-3)73-67(70)61-58-55-52-49-46-43-40-37-34-31-29-26-23-20-17-14-11-8-5-2/h8,11,17,20-21,24-26,28-29,34,37,43,46,64H,4-7,9-10,12-16,18-19,22-23,27,30-33,35-36,38-42,44-45,47-63H2,1-3H3/b11-8-,20-17-,24-21-,28-25-,29-26-,37-34-,46-43-/t64-/m0/s1. The molecule has 420 valence electrons. The maximum Gasteiger partial charge on any atom is 0.306 e. The van der Waals surface area contributed by atoms with E-state index in [4.69, 9.17) is 14.2 Å². The van der Waals surface area contributed by atoms with E-state index in [1.165, 1.54) is 167 Å². The van der Waals surface area contributed by atoms with Crippen molar-refractivity contribution in [3.05, 3.63) is 85.1 Å². The second-order valence-electron chi connectivity index (χ2n) is 20.6. The van der Waals surface area contributed by atoms with Gasteiger partial charge in [0, 0.05) is 19.3 Å². The van der Waals surface area contributed by atoms with Crippen molar-refractivity contribution in [1.82, 2.24) is 0 Å². The average molecular weight is 1020 g/mol. The number of unbranched alkanes of at least 4 members (excludes halogenated alkanes) is 31. The quantitative estimate of drug-likeness (QED) is 0.0261. The lowest BCUT2D eigenvalue weighted by Gasteiger charge is -2.18. The molecule has 0 radical (unpaired) electrons. The van der Waals surface area contributed by atoms with Crippen molar-refractivity contribution in [2.75, 3.05) is 13.2 Å². The lowest BCUT2D eigenvalue weighted by molar-refractivity contribution is -0.167. The summed E-state index contributed by atoms with van der Waals surface area (Å²) in [5.74, 6) is -0.918. The predicted octanol–water partition coefficient (Wildman–Crippen LogP) is 21.1. The van der Waals surface area contributed by atoms with E-state index in [1.807, 2.05) is 0 Å². The van der Waals surface area contributed by atoms with Crippen molar-refractivity contribution in [2.24, 2.45) is 0 Å². The molecule has 0 aromatic heterocycles. The predicted molar refractivity (Wildman–Crippen MR) is 316 cm³/mol. The van der Waals surface area contributed by atoms with Crippen LogP contribution in [-0.2, 0) is 28.6 Å². The molecule has 73 heavy (non-hydrogen) atoms. The molecule has 0 aliphatic rings. The van der Waals surface area contributed by atoms with Crippen molar-refractivity contribution in [3.63, 3.8) is 0 Å². The van der Waals surface area contributed by atoms with Crippen LogP contribution < -0.4 is 0 Å². The number of carbonyl (C=O) groups excluding carboxylic acids is 3. The number of rotatable bonds is 56. The molecule has 0 fully saturated rings. The van der Waals surface area contributed by atoms with Gasteiger partial charge in [0.25, 0.3) is 0 Å². The van der Waals surface area contributed by atoms with Crippen LogP contribution in [0.4, 0.5) is 0 Å². The normalized spacial score (nSPS) is 12.6. The number of ether oxygens (including phenoxy) is 3. The molecule has 0 saturated heterocycles. The molecule has 0 saturated carbocycles. The van der Waals surface area contributed by atoms with Crippen LogP contribution in [0.3, 0.4) is 0 Å². The van der Waals surface area contributed by atoms with Gasteiger partial charge in [-0.2, -0.15) is 0 Å². The van der Waals surface area contributed by atoms with E-state index < -0.39 is 6.10 Å². The maximum absolute atomic E-state index is 12.9. The van der Waals surface area contributed by atoms with Crippen LogP contribution in [0.5, 0.6) is 0 Å². The molecular weight excluding hydrogens is 901 g/mol. The Kier molecular flexibility index (Phi) is 58.3. The number of carbonyl (C=O) groups is 3. The molecule has 0 heterocycles. The molecule has 0 bridgehead atoms. The van der Waals surface area contributed by atoms with Gasteiger partial charge in [-0.25, -0.2) is 0 Å². The first kappa shape index (κ1) is 69.6. The third kappa shape index (κ3) is 59.3. The van der Waals surface area contributed by atoms with Crippen LogP contribution in [0.1, 0.15) is 303 Å². The summed E-state index contributed by atoms with van der Waals surface area (Å²) in [7, 11) is 0. The molecule has 0 unspecified atom stereocenters. The van der Waals surface area contributed by atoms with Crippen molar-refractivity contribution >= 4 is 17.9 Å². The first-order chi connectivity index (χ1) is 36.0. The monoisotopic (exact) mass is 1020 g/mol. The minimum Gasteiger partial charge on any atom is -0.462 e. The number of allylic oxidation sites excluding steroid dienone is 14. The first-order valence-electron chi connectivity index (χ1n) is 31.1. The van der Waals surface area contributed by atoms with Gasteiger partial charge < -0.3 is 14.2 Å². The topological polar surface area (TPSA) is 78.9 Å². The van der Waals surface area contributed by atoms with Gasteiger partial charge in [0.1, 0.15) is 13.2 Å². The summed E-state index contributed by atoms with van der Waals surface area (Å²) in [6, 6.07) is 0. The minimum absolute atomic E-state index is 0.0906. The molecular formula is C67H116O6. The zero-order valence-corrected chi connectivity index (χ0v) is 48.1. The first-order valence-corrected chi connectivity index (χ1v) is 31.1. The van der Waals surface area contributed by atoms with Gasteiger partial charge in [-0.15, -0.1) is 0 Å². The number of hydrogen-bond acceptors (Lipinski definition) is 6. The maximum atomic E-state index is 12.9. The highest BCUT2D eigenvalue weighted by atomic mass is 16.6. The smallest absolute Gasteiger partial charge is 0.306 e. The molecule has 6 nitrogen and oxygen atoms in total. The molecule has 0 N–H and O–H groups in total. The summed E-state index contributed by atoms with van der Waals surface area (Å²) in [6.07, 6.45) is 80.1. The Labute approximate surface area is 452 Å². The molecule has 0 spiro atoms. The molecule has 0 aliphatic heterocycles. The van der Waals surface area contributed by atoms with Crippen LogP contribution in [0.2, 0.25) is 0 Å². The Balaban J connectivity index is 4.41. The lowest BCUT2D eigenvalue weighted by Crippen LogP contribution is -2.30. The van der Waals surface area contributed by atoms with Crippen LogP contribution in [0.15, 0.2) is 85.1 Å². The summed E-state index contributed by atoms with van der Waals surface area (Å²) in [5, 5.41) is 0. The lowest BCUT2D eigenvalue weighted by atomic mass is 10.0. The van der Waals surface area contributed by atoms with Crippen molar-refractivity contribution in [1.29, 1.82) is 0 Å². The molecule has 1 atom stereocenters. The molecule has 0 rings (SSSR count). The highest BCUT2D eigenvalue weighted by Crippen LogP contribution is 2.16. The highest BCUT2D eigenvalue weighted by molar-refractivity contribution is 5.71. The number of esters is 3. The zero-order valence-electron chi connectivity index (χ0n) is 48.1. The fourth-order valence-corrected chi connectivity index (χ4v) is 8.69. The van der Waals surface area contributed by atoms with Gasteiger partial charge in [-0.1, -0.05) is 254 Å². The van der Waals surface area contributed by atoms with Crippen LogP contribution in [-0.4, -0.2) is 37.2 Å². The van der Waals surface area contributed by atoms with E-state index in [-0.39, 0.29) is 37.5 Å². The van der Waals surface area contributed by atoms with E-state index >= 15 is 0 Å².